The molecule has 2 aromatic heterocycles. The molecule has 0 unspecified atom stereocenters. The Bertz CT molecular complexity index is 4210. The molecule has 0 N–H and O–H groups in total. The van der Waals surface area contributed by atoms with Gasteiger partial charge in [0.1, 0.15) is 11.2 Å². The van der Waals surface area contributed by atoms with Crippen molar-refractivity contribution in [1.82, 2.24) is 0 Å². The maximum absolute atomic E-state index is 7.01. The highest BCUT2D eigenvalue weighted by molar-refractivity contribution is 6.25. The van der Waals surface area contributed by atoms with E-state index in [1.807, 2.05) is 0 Å². The summed E-state index contributed by atoms with van der Waals surface area (Å²) in [6.07, 6.45) is 0. The van der Waals surface area contributed by atoms with Crippen LogP contribution >= 0.6 is 0 Å². The molecule has 4 nitrogen and oxygen atoms in total. The van der Waals surface area contributed by atoms with Gasteiger partial charge in [-0.05, 0) is 129 Å². The number of hydrogen-bond donors (Lipinski definition) is 0. The first-order chi connectivity index (χ1) is 34.7. The van der Waals surface area contributed by atoms with Crippen LogP contribution in [-0.4, -0.2) is 0 Å². The number of rotatable bonds is 6. The van der Waals surface area contributed by atoms with Gasteiger partial charge in [0.05, 0.1) is 11.4 Å². The fraction of sp³-hybridized carbons (Fsp3) is 0. The highest BCUT2D eigenvalue weighted by Crippen LogP contribution is 2.48. The largest absolute Gasteiger partial charge is 0.451 e. The van der Waals surface area contributed by atoms with Crippen LogP contribution in [0.3, 0.4) is 0 Å². The number of fused-ring (bicyclic) bond motifs is 15. The molecule has 15 rings (SSSR count). The van der Waals surface area contributed by atoms with E-state index < -0.39 is 0 Å². The molecule has 0 spiro atoms. The third kappa shape index (κ3) is 5.77. The van der Waals surface area contributed by atoms with Crippen LogP contribution in [0.15, 0.2) is 251 Å². The summed E-state index contributed by atoms with van der Waals surface area (Å²) in [5, 5.41) is 18.1. The zero-order chi connectivity index (χ0) is 45.9. The lowest BCUT2D eigenvalue weighted by atomic mass is 9.98. The van der Waals surface area contributed by atoms with Gasteiger partial charge in [-0.25, -0.2) is 0 Å². The smallest absolute Gasteiger partial charge is 0.178 e. The molecule has 0 aliphatic heterocycles. The predicted octanol–water partition coefficient (Wildman–Crippen LogP) is 19.3. The average molecular weight is 893 g/mol. The van der Waals surface area contributed by atoms with E-state index in [2.05, 4.69) is 252 Å². The standard InChI is InChI=1S/C66H40N2O2/c1-3-19-47(20-4-1)67(61-51-23-11-7-15-41(51)37-42-16-8-12-24-52(42)61)49-29-33-55-45(39-49)27-31-57-59-35-36-60-58-32-28-46-40-50(30-34-56(46)64(58)70-66(60)65(59)69-63(55)57)68(48-21-5-2-6-22-48)62-53-25-13-9-17-43(53)38-44-18-10-14-26-54(44)62/h1-40H. The number of furan rings is 2. The lowest BCUT2D eigenvalue weighted by molar-refractivity contribution is 0.637. The molecule has 15 aromatic rings. The normalized spacial score (nSPS) is 12.0. The van der Waals surface area contributed by atoms with E-state index >= 15 is 0 Å². The maximum Gasteiger partial charge on any atom is 0.178 e. The van der Waals surface area contributed by atoms with E-state index in [1.165, 1.54) is 43.1 Å². The Kier molecular flexibility index (Phi) is 8.33. The van der Waals surface area contributed by atoms with E-state index in [-0.39, 0.29) is 0 Å². The van der Waals surface area contributed by atoms with Crippen molar-refractivity contribution in [2.75, 3.05) is 9.80 Å². The fourth-order valence-electron chi connectivity index (χ4n) is 11.3. The monoisotopic (exact) mass is 892 g/mol. The Morgan fingerprint density at radius 3 is 0.886 bits per heavy atom. The molecule has 0 aliphatic rings. The van der Waals surface area contributed by atoms with Crippen molar-refractivity contribution >= 4 is 143 Å². The van der Waals surface area contributed by atoms with Crippen LogP contribution in [0.4, 0.5) is 34.1 Å². The highest BCUT2D eigenvalue weighted by atomic mass is 16.4. The molecule has 0 atom stereocenters. The summed E-state index contributed by atoms with van der Waals surface area (Å²) in [5.41, 5.74) is 9.88. The van der Waals surface area contributed by atoms with E-state index in [4.69, 9.17) is 8.83 Å². The van der Waals surface area contributed by atoms with Crippen molar-refractivity contribution in [1.29, 1.82) is 0 Å². The quantitative estimate of drug-likeness (QED) is 0.156. The molecular weight excluding hydrogens is 853 g/mol. The SMILES string of the molecule is c1ccc(N(c2ccc3c(ccc4c5ccc6c7ccc8cc(N(c9ccccc9)c9c%10ccccc%10cc%10ccccc9%10)ccc8c7oc6c5oc34)c2)c2c3ccccc3cc3ccccc23)cc1. The van der Waals surface area contributed by atoms with Gasteiger partial charge in [-0.3, -0.25) is 0 Å². The first kappa shape index (κ1) is 38.7. The summed E-state index contributed by atoms with van der Waals surface area (Å²) in [7, 11) is 0. The average Bonchev–Trinajstić information content (AvgIpc) is 4.01. The number of benzene rings is 13. The van der Waals surface area contributed by atoms with Gasteiger partial charge in [0.2, 0.25) is 0 Å². The van der Waals surface area contributed by atoms with Gasteiger partial charge < -0.3 is 18.6 Å². The van der Waals surface area contributed by atoms with Gasteiger partial charge in [0.25, 0.3) is 0 Å². The van der Waals surface area contributed by atoms with E-state index in [0.29, 0.717) is 0 Å². The molecule has 326 valence electrons. The van der Waals surface area contributed by atoms with E-state index in [1.54, 1.807) is 0 Å². The molecule has 4 heteroatoms. The minimum Gasteiger partial charge on any atom is -0.451 e. The van der Waals surface area contributed by atoms with E-state index in [9.17, 15) is 0 Å². The van der Waals surface area contributed by atoms with Gasteiger partial charge >= 0.3 is 0 Å². The van der Waals surface area contributed by atoms with Crippen molar-refractivity contribution in [3.8, 4) is 0 Å². The van der Waals surface area contributed by atoms with Crippen LogP contribution in [0, 0.1) is 0 Å². The van der Waals surface area contributed by atoms with Crippen LogP contribution in [0.25, 0.3) is 109 Å². The summed E-state index contributed by atoms with van der Waals surface area (Å²) in [6, 6.07) is 87.5. The second kappa shape index (κ2) is 15.1. The number of para-hydroxylation sites is 2. The zero-order valence-corrected chi connectivity index (χ0v) is 37.8. The minimum atomic E-state index is 0.760. The third-order valence-electron chi connectivity index (χ3n) is 14.5. The molecular formula is C66H40N2O2. The highest BCUT2D eigenvalue weighted by Gasteiger charge is 2.24. The zero-order valence-electron chi connectivity index (χ0n) is 37.8. The number of nitrogens with zero attached hydrogens (tertiary/aromatic N) is 2. The van der Waals surface area contributed by atoms with Gasteiger partial charge in [0, 0.05) is 76.6 Å². The van der Waals surface area contributed by atoms with E-state index in [0.717, 1.165) is 99.5 Å². The van der Waals surface area contributed by atoms with Crippen molar-refractivity contribution in [3.63, 3.8) is 0 Å². The molecule has 70 heavy (non-hydrogen) atoms. The summed E-state index contributed by atoms with van der Waals surface area (Å²) in [5.74, 6) is 0. The lowest BCUT2D eigenvalue weighted by Gasteiger charge is -2.28. The van der Waals surface area contributed by atoms with Gasteiger partial charge in [-0.15, -0.1) is 0 Å². The van der Waals surface area contributed by atoms with Crippen LogP contribution in [0.1, 0.15) is 0 Å². The van der Waals surface area contributed by atoms with Crippen molar-refractivity contribution in [3.05, 3.63) is 243 Å². The molecule has 0 saturated carbocycles. The first-order valence-electron chi connectivity index (χ1n) is 23.9. The van der Waals surface area contributed by atoms with Gasteiger partial charge in [0.15, 0.2) is 11.2 Å². The topological polar surface area (TPSA) is 32.8 Å². The Morgan fingerprint density at radius 1 is 0.200 bits per heavy atom. The van der Waals surface area contributed by atoms with Crippen molar-refractivity contribution < 1.29 is 8.83 Å². The Labute approximate surface area is 402 Å². The Morgan fingerprint density at radius 2 is 0.500 bits per heavy atom. The molecule has 0 fully saturated rings. The van der Waals surface area contributed by atoms with Crippen LogP contribution in [0.5, 0.6) is 0 Å². The van der Waals surface area contributed by atoms with Crippen molar-refractivity contribution in [2.24, 2.45) is 0 Å². The predicted molar refractivity (Wildman–Crippen MR) is 295 cm³/mol. The molecule has 0 saturated heterocycles. The minimum absolute atomic E-state index is 0.760. The van der Waals surface area contributed by atoms with Crippen molar-refractivity contribution in [2.45, 2.75) is 0 Å². The van der Waals surface area contributed by atoms with Crippen LogP contribution in [-0.2, 0) is 0 Å². The second-order valence-corrected chi connectivity index (χ2v) is 18.4. The van der Waals surface area contributed by atoms with Crippen LogP contribution in [0.2, 0.25) is 0 Å². The Hall–Kier alpha value is -9.38. The first-order valence-corrected chi connectivity index (χ1v) is 23.9. The third-order valence-corrected chi connectivity index (χ3v) is 14.5. The number of anilines is 6. The van der Waals surface area contributed by atoms with Gasteiger partial charge in [-0.1, -0.05) is 146 Å². The molecule has 0 amide bonds. The number of hydrogen-bond acceptors (Lipinski definition) is 4. The second-order valence-electron chi connectivity index (χ2n) is 18.4. The molecule has 0 aliphatic carbocycles. The lowest BCUT2D eigenvalue weighted by Crippen LogP contribution is -2.11. The summed E-state index contributed by atoms with van der Waals surface area (Å²) in [6.45, 7) is 0. The van der Waals surface area contributed by atoms with Crippen LogP contribution < -0.4 is 9.80 Å². The molecule has 2 heterocycles. The maximum atomic E-state index is 7.01. The van der Waals surface area contributed by atoms with Gasteiger partial charge in [-0.2, -0.15) is 0 Å². The molecule has 0 bridgehead atoms. The molecule has 0 radical (unpaired) electrons. The molecule has 13 aromatic carbocycles. The summed E-state index contributed by atoms with van der Waals surface area (Å²) in [4.78, 5) is 4.81. The Balaban J connectivity index is 0.884. The fourth-order valence-corrected chi connectivity index (χ4v) is 11.3. The summed E-state index contributed by atoms with van der Waals surface area (Å²) >= 11 is 0. The summed E-state index contributed by atoms with van der Waals surface area (Å²) < 4.78 is 14.0.